The van der Waals surface area contributed by atoms with Crippen molar-refractivity contribution < 1.29 is 23.1 Å². The highest BCUT2D eigenvalue weighted by Crippen LogP contribution is 2.21. The summed E-state index contributed by atoms with van der Waals surface area (Å²) in [7, 11) is -0.710. The molecule has 1 saturated heterocycles. The number of carbonyl (C=O) groups is 2. The number of nitrogens with one attached hydrogen (secondary N) is 1. The van der Waals surface area contributed by atoms with Gasteiger partial charge in [0, 0.05) is 40.2 Å². The fourth-order valence-corrected chi connectivity index (χ4v) is 3.42. The fraction of sp³-hybridized carbons (Fsp3) is 0.818. The average molecular weight is 307 g/mol. The molecule has 0 saturated carbocycles. The van der Waals surface area contributed by atoms with Crippen molar-refractivity contribution in [3.63, 3.8) is 0 Å². The van der Waals surface area contributed by atoms with E-state index in [9.17, 15) is 18.0 Å². The summed E-state index contributed by atoms with van der Waals surface area (Å²) in [5.74, 6) is -1.58. The van der Waals surface area contributed by atoms with E-state index in [1.807, 2.05) is 0 Å². The zero-order valence-corrected chi connectivity index (χ0v) is 12.5. The second-order valence-corrected chi connectivity index (χ2v) is 6.80. The van der Waals surface area contributed by atoms with Gasteiger partial charge in [-0.3, -0.25) is 9.59 Å². The number of carboxylic acids is 1. The molecule has 1 aliphatic heterocycles. The van der Waals surface area contributed by atoms with Crippen molar-refractivity contribution in [3.8, 4) is 0 Å². The summed E-state index contributed by atoms with van der Waals surface area (Å²) in [5, 5.41) is 11.3. The number of carbonyl (C=O) groups excluding carboxylic acids is 1. The highest BCUT2D eigenvalue weighted by molar-refractivity contribution is 7.86. The number of amides is 1. The first kappa shape index (κ1) is 16.9. The second-order valence-electron chi connectivity index (χ2n) is 4.76. The summed E-state index contributed by atoms with van der Waals surface area (Å²) in [6.07, 6.45) is 0.730. The van der Waals surface area contributed by atoms with Gasteiger partial charge in [0.25, 0.3) is 10.2 Å². The van der Waals surface area contributed by atoms with Gasteiger partial charge in [0.15, 0.2) is 0 Å². The zero-order valence-electron chi connectivity index (χ0n) is 11.7. The zero-order chi connectivity index (χ0) is 15.3. The molecule has 0 aromatic rings. The van der Waals surface area contributed by atoms with Crippen LogP contribution in [0.4, 0.5) is 0 Å². The first-order chi connectivity index (χ1) is 9.28. The third-order valence-electron chi connectivity index (χ3n) is 3.46. The van der Waals surface area contributed by atoms with Crippen LogP contribution in [0.25, 0.3) is 0 Å². The fourth-order valence-electron chi connectivity index (χ4n) is 2.03. The van der Waals surface area contributed by atoms with E-state index in [0.717, 1.165) is 4.31 Å². The molecule has 0 aromatic heterocycles. The van der Waals surface area contributed by atoms with Crippen molar-refractivity contribution >= 4 is 22.1 Å². The largest absolute Gasteiger partial charge is 0.481 e. The molecule has 0 aromatic carbocycles. The minimum atomic E-state index is -3.62. The highest BCUT2D eigenvalue weighted by Gasteiger charge is 2.33. The van der Waals surface area contributed by atoms with Gasteiger partial charge in [0.05, 0.1) is 5.92 Å². The molecule has 0 bridgehead atoms. The summed E-state index contributed by atoms with van der Waals surface area (Å²) in [6, 6.07) is 0. The Balaban J connectivity index is 2.56. The minimum Gasteiger partial charge on any atom is -0.481 e. The quantitative estimate of drug-likeness (QED) is 0.661. The SMILES string of the molecule is CNC(=O)CCN(C)S(=O)(=O)N1CCC(C(=O)O)CC1. The van der Waals surface area contributed by atoms with E-state index in [0.29, 0.717) is 12.8 Å². The van der Waals surface area contributed by atoms with Crippen LogP contribution >= 0.6 is 0 Å². The smallest absolute Gasteiger partial charge is 0.306 e. The summed E-state index contributed by atoms with van der Waals surface area (Å²) < 4.78 is 26.9. The first-order valence-electron chi connectivity index (χ1n) is 6.43. The second kappa shape index (κ2) is 7.00. The van der Waals surface area contributed by atoms with Crippen LogP contribution in [0.3, 0.4) is 0 Å². The Bertz CT molecular complexity index is 457. The maximum absolute atomic E-state index is 12.2. The molecular formula is C11H21N3O5S. The number of hydrogen-bond acceptors (Lipinski definition) is 4. The summed E-state index contributed by atoms with van der Waals surface area (Å²) in [5.41, 5.74) is 0. The van der Waals surface area contributed by atoms with E-state index in [1.165, 1.54) is 18.4 Å². The van der Waals surface area contributed by atoms with Gasteiger partial charge in [-0.2, -0.15) is 17.0 Å². The molecule has 8 nitrogen and oxygen atoms in total. The van der Waals surface area contributed by atoms with E-state index in [-0.39, 0.29) is 32.0 Å². The highest BCUT2D eigenvalue weighted by atomic mass is 32.2. The molecule has 1 amide bonds. The molecule has 1 fully saturated rings. The Morgan fingerprint density at radius 3 is 2.35 bits per heavy atom. The number of piperidine rings is 1. The molecular weight excluding hydrogens is 286 g/mol. The lowest BCUT2D eigenvalue weighted by Gasteiger charge is -2.32. The van der Waals surface area contributed by atoms with Crippen LogP contribution in [0.1, 0.15) is 19.3 Å². The van der Waals surface area contributed by atoms with Gasteiger partial charge in [-0.1, -0.05) is 0 Å². The molecule has 1 rings (SSSR count). The van der Waals surface area contributed by atoms with Crippen LogP contribution in [0, 0.1) is 5.92 Å². The van der Waals surface area contributed by atoms with Crippen LogP contribution in [0.5, 0.6) is 0 Å². The third-order valence-corrected chi connectivity index (χ3v) is 5.44. The van der Waals surface area contributed by atoms with Crippen molar-refractivity contribution in [1.82, 2.24) is 13.9 Å². The first-order valence-corrected chi connectivity index (χ1v) is 7.83. The molecule has 0 unspecified atom stereocenters. The lowest BCUT2D eigenvalue weighted by Crippen LogP contribution is -2.47. The van der Waals surface area contributed by atoms with Gasteiger partial charge >= 0.3 is 5.97 Å². The monoisotopic (exact) mass is 307 g/mol. The molecule has 0 radical (unpaired) electrons. The molecule has 2 N–H and O–H groups in total. The van der Waals surface area contributed by atoms with E-state index in [2.05, 4.69) is 5.32 Å². The summed E-state index contributed by atoms with van der Waals surface area (Å²) >= 11 is 0. The number of aliphatic carboxylic acids is 1. The van der Waals surface area contributed by atoms with E-state index >= 15 is 0 Å². The summed E-state index contributed by atoms with van der Waals surface area (Å²) in [4.78, 5) is 22.0. The maximum Gasteiger partial charge on any atom is 0.306 e. The van der Waals surface area contributed by atoms with Crippen LogP contribution in [0.15, 0.2) is 0 Å². The van der Waals surface area contributed by atoms with E-state index in [4.69, 9.17) is 5.11 Å². The Hall–Kier alpha value is -1.19. The van der Waals surface area contributed by atoms with Gasteiger partial charge in [-0.05, 0) is 12.8 Å². The van der Waals surface area contributed by atoms with Crippen molar-refractivity contribution in [3.05, 3.63) is 0 Å². The third kappa shape index (κ3) is 4.15. The van der Waals surface area contributed by atoms with E-state index in [1.54, 1.807) is 0 Å². The Kier molecular flexibility index (Phi) is 5.90. The number of rotatable bonds is 6. The van der Waals surface area contributed by atoms with Crippen LogP contribution in [-0.2, 0) is 19.8 Å². The molecule has 116 valence electrons. The summed E-state index contributed by atoms with van der Waals surface area (Å²) in [6.45, 7) is 0.494. The molecule has 0 atom stereocenters. The van der Waals surface area contributed by atoms with Crippen LogP contribution in [-0.4, -0.2) is 67.7 Å². The van der Waals surface area contributed by atoms with Gasteiger partial charge in [-0.25, -0.2) is 0 Å². The number of hydrogen-bond donors (Lipinski definition) is 2. The number of nitrogens with zero attached hydrogens (tertiary/aromatic N) is 2. The van der Waals surface area contributed by atoms with Gasteiger partial charge in [0.2, 0.25) is 5.91 Å². The van der Waals surface area contributed by atoms with Gasteiger partial charge < -0.3 is 10.4 Å². The maximum atomic E-state index is 12.2. The van der Waals surface area contributed by atoms with Crippen LogP contribution in [0.2, 0.25) is 0 Å². The van der Waals surface area contributed by atoms with Crippen molar-refractivity contribution in [1.29, 1.82) is 0 Å². The molecule has 0 aliphatic carbocycles. The minimum absolute atomic E-state index is 0.0951. The van der Waals surface area contributed by atoms with Crippen molar-refractivity contribution in [2.45, 2.75) is 19.3 Å². The molecule has 1 heterocycles. The standard InChI is InChI=1S/C11H21N3O5S/c1-12-10(15)5-6-13(2)20(18,19)14-7-3-9(4-8-14)11(16)17/h9H,3-8H2,1-2H3,(H,12,15)(H,16,17). The topological polar surface area (TPSA) is 107 Å². The Morgan fingerprint density at radius 1 is 1.35 bits per heavy atom. The lowest BCUT2D eigenvalue weighted by atomic mass is 9.99. The predicted molar refractivity (Wildman–Crippen MR) is 72.2 cm³/mol. The van der Waals surface area contributed by atoms with Crippen molar-refractivity contribution in [2.75, 3.05) is 33.7 Å². The normalized spacial score (nSPS) is 18.1. The lowest BCUT2D eigenvalue weighted by molar-refractivity contribution is -0.143. The molecule has 9 heteroatoms. The van der Waals surface area contributed by atoms with Crippen molar-refractivity contribution in [2.24, 2.45) is 5.92 Å². The van der Waals surface area contributed by atoms with Gasteiger partial charge in [0.1, 0.15) is 0 Å². The molecule has 20 heavy (non-hydrogen) atoms. The number of carboxylic acid groups (broad SMARTS) is 1. The molecule has 0 spiro atoms. The average Bonchev–Trinajstić information content (AvgIpc) is 2.44. The Labute approximate surface area is 118 Å². The molecule has 1 aliphatic rings. The van der Waals surface area contributed by atoms with Gasteiger partial charge in [-0.15, -0.1) is 0 Å². The van der Waals surface area contributed by atoms with E-state index < -0.39 is 22.1 Å². The van der Waals surface area contributed by atoms with Crippen LogP contribution < -0.4 is 5.32 Å². The Morgan fingerprint density at radius 2 is 1.90 bits per heavy atom. The predicted octanol–water partition coefficient (Wildman–Crippen LogP) is -0.904.